The predicted octanol–water partition coefficient (Wildman–Crippen LogP) is 3.14. The SMILES string of the molecule is Cc1cccc(NC(=O)c2cccc(NC(=O)C=CC(=O)O)c2)c1C. The lowest BCUT2D eigenvalue weighted by atomic mass is 10.1. The van der Waals surface area contributed by atoms with Gasteiger partial charge in [0.05, 0.1) is 0 Å². The molecule has 2 aromatic carbocycles. The molecule has 0 aromatic heterocycles. The topological polar surface area (TPSA) is 95.5 Å². The monoisotopic (exact) mass is 338 g/mol. The van der Waals surface area contributed by atoms with Crippen molar-refractivity contribution in [3.05, 3.63) is 71.3 Å². The molecule has 2 amide bonds. The van der Waals surface area contributed by atoms with E-state index in [4.69, 9.17) is 5.11 Å². The van der Waals surface area contributed by atoms with Gasteiger partial charge in [0.15, 0.2) is 0 Å². The molecule has 0 unspecified atom stereocenters. The highest BCUT2D eigenvalue weighted by molar-refractivity contribution is 6.06. The Labute approximate surface area is 145 Å². The van der Waals surface area contributed by atoms with Gasteiger partial charge in [0, 0.05) is 29.1 Å². The van der Waals surface area contributed by atoms with Gasteiger partial charge >= 0.3 is 5.97 Å². The third-order valence-electron chi connectivity index (χ3n) is 3.62. The standard InChI is InChI=1S/C19H18N2O4/c1-12-5-3-8-16(13(12)2)21-19(25)14-6-4-7-15(11-14)20-17(22)9-10-18(23)24/h3-11H,1-2H3,(H,20,22)(H,21,25)(H,23,24). The Hall–Kier alpha value is -3.41. The van der Waals surface area contributed by atoms with Gasteiger partial charge in [-0.2, -0.15) is 0 Å². The third-order valence-corrected chi connectivity index (χ3v) is 3.62. The van der Waals surface area contributed by atoms with Crippen molar-refractivity contribution in [2.45, 2.75) is 13.8 Å². The van der Waals surface area contributed by atoms with Crippen LogP contribution in [0.1, 0.15) is 21.5 Å². The summed E-state index contributed by atoms with van der Waals surface area (Å²) in [6.45, 7) is 3.89. The van der Waals surface area contributed by atoms with Gasteiger partial charge in [-0.1, -0.05) is 18.2 Å². The van der Waals surface area contributed by atoms with E-state index in [1.807, 2.05) is 32.0 Å². The maximum absolute atomic E-state index is 12.4. The average Bonchev–Trinajstić information content (AvgIpc) is 2.57. The average molecular weight is 338 g/mol. The number of nitrogens with one attached hydrogen (secondary N) is 2. The van der Waals surface area contributed by atoms with Crippen LogP contribution < -0.4 is 10.6 Å². The van der Waals surface area contributed by atoms with E-state index in [-0.39, 0.29) is 5.91 Å². The van der Waals surface area contributed by atoms with Gasteiger partial charge in [-0.25, -0.2) is 4.79 Å². The first kappa shape index (κ1) is 17.9. The van der Waals surface area contributed by atoms with Crippen molar-refractivity contribution in [1.82, 2.24) is 0 Å². The van der Waals surface area contributed by atoms with Crippen molar-refractivity contribution in [1.29, 1.82) is 0 Å². The Balaban J connectivity index is 2.12. The molecule has 0 fully saturated rings. The first-order valence-corrected chi connectivity index (χ1v) is 7.56. The van der Waals surface area contributed by atoms with Crippen LogP contribution in [-0.4, -0.2) is 22.9 Å². The molecule has 0 spiro atoms. The zero-order chi connectivity index (χ0) is 18.4. The summed E-state index contributed by atoms with van der Waals surface area (Å²) in [5, 5.41) is 13.9. The highest BCUT2D eigenvalue weighted by Gasteiger charge is 2.10. The molecule has 0 radical (unpaired) electrons. The van der Waals surface area contributed by atoms with Crippen molar-refractivity contribution >= 4 is 29.2 Å². The molecular weight excluding hydrogens is 320 g/mol. The van der Waals surface area contributed by atoms with Gasteiger partial charge < -0.3 is 15.7 Å². The minimum Gasteiger partial charge on any atom is -0.478 e. The second kappa shape index (κ2) is 7.92. The van der Waals surface area contributed by atoms with E-state index in [2.05, 4.69) is 10.6 Å². The summed E-state index contributed by atoms with van der Waals surface area (Å²) in [5.41, 5.74) is 3.56. The van der Waals surface area contributed by atoms with Crippen LogP contribution in [0.2, 0.25) is 0 Å². The number of carboxylic acid groups (broad SMARTS) is 1. The van der Waals surface area contributed by atoms with Crippen molar-refractivity contribution in [3.63, 3.8) is 0 Å². The quantitative estimate of drug-likeness (QED) is 0.730. The lowest BCUT2D eigenvalue weighted by Crippen LogP contribution is -2.14. The lowest BCUT2D eigenvalue weighted by Gasteiger charge is -2.11. The fourth-order valence-electron chi connectivity index (χ4n) is 2.15. The molecule has 0 saturated carbocycles. The maximum atomic E-state index is 12.4. The Morgan fingerprint density at radius 1 is 0.960 bits per heavy atom. The second-order valence-corrected chi connectivity index (χ2v) is 5.44. The molecular formula is C19H18N2O4. The highest BCUT2D eigenvalue weighted by Crippen LogP contribution is 2.19. The Morgan fingerprint density at radius 3 is 2.40 bits per heavy atom. The van der Waals surface area contributed by atoms with E-state index in [1.165, 1.54) is 6.07 Å². The van der Waals surface area contributed by atoms with Crippen molar-refractivity contribution in [2.24, 2.45) is 0 Å². The van der Waals surface area contributed by atoms with E-state index >= 15 is 0 Å². The second-order valence-electron chi connectivity index (χ2n) is 5.44. The summed E-state index contributed by atoms with van der Waals surface area (Å²) >= 11 is 0. The molecule has 25 heavy (non-hydrogen) atoms. The number of carbonyl (C=O) groups is 3. The Morgan fingerprint density at radius 2 is 1.68 bits per heavy atom. The summed E-state index contributed by atoms with van der Waals surface area (Å²) in [6.07, 6.45) is 1.65. The van der Waals surface area contributed by atoms with Gasteiger partial charge in [0.2, 0.25) is 5.91 Å². The van der Waals surface area contributed by atoms with Crippen LogP contribution >= 0.6 is 0 Å². The summed E-state index contributed by atoms with van der Waals surface area (Å²) < 4.78 is 0. The first-order chi connectivity index (χ1) is 11.9. The minimum atomic E-state index is -1.21. The van der Waals surface area contributed by atoms with Crippen LogP contribution in [0.4, 0.5) is 11.4 Å². The number of carboxylic acids is 1. The number of aryl methyl sites for hydroxylation is 1. The first-order valence-electron chi connectivity index (χ1n) is 7.56. The zero-order valence-electron chi connectivity index (χ0n) is 13.9. The number of amides is 2. The largest absolute Gasteiger partial charge is 0.478 e. The molecule has 0 bridgehead atoms. The molecule has 0 aliphatic heterocycles. The molecule has 0 saturated heterocycles. The van der Waals surface area contributed by atoms with E-state index in [1.54, 1.807) is 18.2 Å². The Bertz CT molecular complexity index is 856. The van der Waals surface area contributed by atoms with E-state index in [0.717, 1.165) is 29.0 Å². The van der Waals surface area contributed by atoms with E-state index in [0.29, 0.717) is 11.3 Å². The number of anilines is 2. The molecule has 0 heterocycles. The molecule has 2 aromatic rings. The highest BCUT2D eigenvalue weighted by atomic mass is 16.4. The number of aliphatic carboxylic acids is 1. The summed E-state index contributed by atoms with van der Waals surface area (Å²) in [5.74, 6) is -2.10. The van der Waals surface area contributed by atoms with Crippen molar-refractivity contribution in [2.75, 3.05) is 10.6 Å². The van der Waals surface area contributed by atoms with Crippen LogP contribution in [0.3, 0.4) is 0 Å². The smallest absolute Gasteiger partial charge is 0.328 e. The van der Waals surface area contributed by atoms with Crippen molar-refractivity contribution < 1.29 is 19.5 Å². The molecule has 6 heteroatoms. The van der Waals surface area contributed by atoms with Crippen LogP contribution in [0.5, 0.6) is 0 Å². The fraction of sp³-hybridized carbons (Fsp3) is 0.105. The minimum absolute atomic E-state index is 0.300. The molecule has 128 valence electrons. The number of hydrogen-bond acceptors (Lipinski definition) is 3. The van der Waals surface area contributed by atoms with Crippen LogP contribution in [-0.2, 0) is 9.59 Å². The molecule has 0 atom stereocenters. The van der Waals surface area contributed by atoms with Gasteiger partial charge in [0.1, 0.15) is 0 Å². The fourth-order valence-corrected chi connectivity index (χ4v) is 2.15. The number of benzene rings is 2. The van der Waals surface area contributed by atoms with Gasteiger partial charge in [-0.05, 0) is 49.2 Å². The van der Waals surface area contributed by atoms with Crippen molar-refractivity contribution in [3.8, 4) is 0 Å². The number of carbonyl (C=O) groups excluding carboxylic acids is 2. The van der Waals surface area contributed by atoms with Gasteiger partial charge in [-0.15, -0.1) is 0 Å². The molecule has 0 aliphatic carbocycles. The maximum Gasteiger partial charge on any atom is 0.328 e. The molecule has 2 rings (SSSR count). The molecule has 0 aliphatic rings. The summed E-state index contributed by atoms with van der Waals surface area (Å²) in [6, 6.07) is 12.0. The van der Waals surface area contributed by atoms with E-state index in [9.17, 15) is 14.4 Å². The third kappa shape index (κ3) is 5.04. The summed E-state index contributed by atoms with van der Waals surface area (Å²) in [4.78, 5) is 34.4. The number of rotatable bonds is 5. The lowest BCUT2D eigenvalue weighted by molar-refractivity contribution is -0.131. The van der Waals surface area contributed by atoms with Crippen LogP contribution in [0, 0.1) is 13.8 Å². The number of hydrogen-bond donors (Lipinski definition) is 3. The van der Waals surface area contributed by atoms with E-state index < -0.39 is 11.9 Å². The van der Waals surface area contributed by atoms with Crippen LogP contribution in [0.25, 0.3) is 0 Å². The van der Waals surface area contributed by atoms with Gasteiger partial charge in [0.25, 0.3) is 5.91 Å². The van der Waals surface area contributed by atoms with Gasteiger partial charge in [-0.3, -0.25) is 9.59 Å². The zero-order valence-corrected chi connectivity index (χ0v) is 13.9. The summed E-state index contributed by atoms with van der Waals surface area (Å²) in [7, 11) is 0. The Kier molecular flexibility index (Phi) is 5.68. The normalized spacial score (nSPS) is 10.5. The predicted molar refractivity (Wildman–Crippen MR) is 95.7 cm³/mol. The molecule has 6 nitrogen and oxygen atoms in total. The molecule has 3 N–H and O–H groups in total. The van der Waals surface area contributed by atoms with Crippen LogP contribution in [0.15, 0.2) is 54.6 Å².